The van der Waals surface area contributed by atoms with Gasteiger partial charge in [-0.25, -0.2) is 8.42 Å². The molecule has 40 heavy (non-hydrogen) atoms. The fourth-order valence-corrected chi connectivity index (χ4v) is 8.23. The standard InChI is InChI=1S/C33H37NO4SSi/c1-33(2,32(26-15-9-5-10-16-26)27-17-11-6-12-18-27)40-38-24-28-22-34(39(3,35)36)31-21-29(19-20-30(28)31)37-23-25-13-7-4-8-14-25/h4-21,28,32H,22-24,40H2,1-3H3. The van der Waals surface area contributed by atoms with Crippen molar-refractivity contribution >= 4 is 25.5 Å². The number of ether oxygens (including phenoxy) is 1. The first kappa shape index (κ1) is 28.1. The van der Waals surface area contributed by atoms with E-state index in [0.717, 1.165) is 11.1 Å². The van der Waals surface area contributed by atoms with Gasteiger partial charge in [-0.15, -0.1) is 0 Å². The van der Waals surface area contributed by atoms with Crippen LogP contribution in [0.3, 0.4) is 0 Å². The highest BCUT2D eigenvalue weighted by atomic mass is 32.2. The summed E-state index contributed by atoms with van der Waals surface area (Å²) in [6.45, 7) is 5.90. The molecular weight excluding hydrogens is 535 g/mol. The third kappa shape index (κ3) is 6.49. The number of nitrogens with zero attached hydrogens (tertiary/aromatic N) is 1. The Bertz CT molecular complexity index is 1470. The largest absolute Gasteiger partial charge is 0.489 e. The lowest BCUT2D eigenvalue weighted by Gasteiger charge is -2.35. The average Bonchev–Trinajstić information content (AvgIpc) is 3.32. The van der Waals surface area contributed by atoms with E-state index < -0.39 is 19.8 Å². The number of hydrogen-bond acceptors (Lipinski definition) is 4. The average molecular weight is 572 g/mol. The predicted molar refractivity (Wildman–Crippen MR) is 165 cm³/mol. The lowest BCUT2D eigenvalue weighted by atomic mass is 9.82. The summed E-state index contributed by atoms with van der Waals surface area (Å²) < 4.78 is 39.5. The zero-order chi connectivity index (χ0) is 28.2. The Labute approximate surface area is 240 Å². The Morgan fingerprint density at radius 2 is 1.45 bits per heavy atom. The van der Waals surface area contributed by atoms with Crippen LogP contribution < -0.4 is 9.04 Å². The van der Waals surface area contributed by atoms with Gasteiger partial charge in [0.1, 0.15) is 12.4 Å². The van der Waals surface area contributed by atoms with Crippen LogP contribution in [0.15, 0.2) is 109 Å². The lowest BCUT2D eigenvalue weighted by Crippen LogP contribution is -2.30. The molecule has 1 heterocycles. The molecule has 1 unspecified atom stereocenters. The van der Waals surface area contributed by atoms with E-state index in [0.29, 0.717) is 31.2 Å². The molecular formula is C33H37NO4SSi. The van der Waals surface area contributed by atoms with Gasteiger partial charge in [0.25, 0.3) is 0 Å². The van der Waals surface area contributed by atoms with Crippen LogP contribution in [0.2, 0.25) is 5.04 Å². The molecule has 0 amide bonds. The molecule has 0 spiro atoms. The number of rotatable bonds is 11. The summed E-state index contributed by atoms with van der Waals surface area (Å²) in [5, 5.41) is -0.0597. The van der Waals surface area contributed by atoms with Crippen LogP contribution in [-0.2, 0) is 21.1 Å². The Morgan fingerprint density at radius 3 is 2.02 bits per heavy atom. The number of anilines is 1. The number of fused-ring (bicyclic) bond motifs is 1. The van der Waals surface area contributed by atoms with Gasteiger partial charge in [0.15, 0.2) is 9.76 Å². The van der Waals surface area contributed by atoms with E-state index in [-0.39, 0.29) is 16.9 Å². The highest BCUT2D eigenvalue weighted by molar-refractivity contribution is 7.92. The Morgan fingerprint density at radius 1 is 0.875 bits per heavy atom. The summed E-state index contributed by atoms with van der Waals surface area (Å²) in [4.78, 5) is 0. The third-order valence-electron chi connectivity index (χ3n) is 7.59. The first-order valence-corrected chi connectivity index (χ1v) is 16.8. The molecule has 4 aromatic rings. The summed E-state index contributed by atoms with van der Waals surface area (Å²) in [6.07, 6.45) is 1.26. The van der Waals surface area contributed by atoms with Crippen LogP contribution in [0, 0.1) is 0 Å². The summed E-state index contributed by atoms with van der Waals surface area (Å²) in [5.41, 5.74) is 5.31. The fourth-order valence-electron chi connectivity index (χ4n) is 5.70. The van der Waals surface area contributed by atoms with Gasteiger partial charge in [-0.2, -0.15) is 0 Å². The zero-order valence-electron chi connectivity index (χ0n) is 23.4. The molecule has 0 fully saturated rings. The third-order valence-corrected chi connectivity index (χ3v) is 10.3. The molecule has 0 saturated heterocycles. The van der Waals surface area contributed by atoms with E-state index in [1.807, 2.05) is 48.5 Å². The molecule has 0 radical (unpaired) electrons. The van der Waals surface area contributed by atoms with E-state index in [1.165, 1.54) is 21.7 Å². The maximum absolute atomic E-state index is 12.7. The molecule has 5 rings (SSSR count). The number of benzene rings is 4. The summed E-state index contributed by atoms with van der Waals surface area (Å²) >= 11 is 0. The first-order chi connectivity index (χ1) is 19.2. The Hall–Kier alpha value is -3.39. The Kier molecular flexibility index (Phi) is 8.45. The zero-order valence-corrected chi connectivity index (χ0v) is 25.6. The van der Waals surface area contributed by atoms with Crippen LogP contribution in [0.1, 0.15) is 47.9 Å². The number of hydrogen-bond donors (Lipinski definition) is 0. The van der Waals surface area contributed by atoms with Gasteiger partial charge >= 0.3 is 0 Å². The molecule has 7 heteroatoms. The molecule has 1 aliphatic rings. The van der Waals surface area contributed by atoms with Crippen molar-refractivity contribution < 1.29 is 17.6 Å². The van der Waals surface area contributed by atoms with E-state index in [1.54, 1.807) is 0 Å². The summed E-state index contributed by atoms with van der Waals surface area (Å²) in [7, 11) is -4.46. The van der Waals surface area contributed by atoms with Crippen molar-refractivity contribution in [3.63, 3.8) is 0 Å². The van der Waals surface area contributed by atoms with Crippen molar-refractivity contribution in [3.8, 4) is 5.75 Å². The van der Waals surface area contributed by atoms with Crippen LogP contribution in [-0.4, -0.2) is 37.6 Å². The topological polar surface area (TPSA) is 55.8 Å². The molecule has 0 N–H and O–H groups in total. The first-order valence-electron chi connectivity index (χ1n) is 13.7. The van der Waals surface area contributed by atoms with E-state index in [2.05, 4.69) is 74.5 Å². The van der Waals surface area contributed by atoms with Gasteiger partial charge in [-0.3, -0.25) is 4.31 Å². The molecule has 4 aromatic carbocycles. The SMILES string of the molecule is CC(C)([SiH2]OCC1CN(S(C)(=O)=O)c2cc(OCc3ccccc3)ccc21)C(c1ccccc1)c1ccccc1. The van der Waals surface area contributed by atoms with Crippen molar-refractivity contribution in [2.24, 2.45) is 0 Å². The van der Waals surface area contributed by atoms with Gasteiger partial charge in [-0.05, 0) is 33.4 Å². The second-order valence-corrected chi connectivity index (χ2v) is 15.7. The monoisotopic (exact) mass is 571 g/mol. The van der Waals surface area contributed by atoms with Crippen LogP contribution in [0.4, 0.5) is 5.69 Å². The quantitative estimate of drug-likeness (QED) is 0.200. The minimum Gasteiger partial charge on any atom is -0.489 e. The van der Waals surface area contributed by atoms with Crippen molar-refractivity contribution in [1.29, 1.82) is 0 Å². The highest BCUT2D eigenvalue weighted by Crippen LogP contribution is 2.46. The molecule has 208 valence electrons. The maximum Gasteiger partial charge on any atom is 0.232 e. The van der Waals surface area contributed by atoms with E-state index in [9.17, 15) is 8.42 Å². The van der Waals surface area contributed by atoms with Gasteiger partial charge in [0.05, 0.1) is 11.9 Å². The van der Waals surface area contributed by atoms with E-state index in [4.69, 9.17) is 9.16 Å². The van der Waals surface area contributed by atoms with Crippen molar-refractivity contribution in [2.45, 2.75) is 37.3 Å². The van der Waals surface area contributed by atoms with Crippen LogP contribution in [0.5, 0.6) is 5.75 Å². The number of sulfonamides is 1. The second kappa shape index (κ2) is 12.0. The van der Waals surface area contributed by atoms with Gasteiger partial charge in [0, 0.05) is 31.1 Å². The molecule has 0 bridgehead atoms. The van der Waals surface area contributed by atoms with Gasteiger partial charge in [0.2, 0.25) is 10.0 Å². The van der Waals surface area contributed by atoms with Crippen molar-refractivity contribution in [3.05, 3.63) is 131 Å². The lowest BCUT2D eigenvalue weighted by molar-refractivity contribution is 0.291. The molecule has 1 atom stereocenters. The smallest absolute Gasteiger partial charge is 0.232 e. The molecule has 5 nitrogen and oxygen atoms in total. The highest BCUT2D eigenvalue weighted by Gasteiger charge is 2.36. The molecule has 0 aromatic heterocycles. The molecule has 0 saturated carbocycles. The predicted octanol–water partition coefficient (Wildman–Crippen LogP) is 6.26. The molecule has 0 aliphatic carbocycles. The molecule has 1 aliphatic heterocycles. The second-order valence-electron chi connectivity index (χ2n) is 11.2. The van der Waals surface area contributed by atoms with Crippen molar-refractivity contribution in [1.82, 2.24) is 0 Å². The fraction of sp³-hybridized carbons (Fsp3) is 0.273. The summed E-state index contributed by atoms with van der Waals surface area (Å²) in [5.74, 6) is 0.847. The van der Waals surface area contributed by atoms with Gasteiger partial charge in [-0.1, -0.05) is 111 Å². The van der Waals surface area contributed by atoms with Crippen molar-refractivity contribution in [2.75, 3.05) is 23.7 Å². The minimum absolute atomic E-state index is 0.0249. The van der Waals surface area contributed by atoms with Gasteiger partial charge < -0.3 is 9.16 Å². The normalized spacial score (nSPS) is 15.6. The maximum atomic E-state index is 12.7. The Balaban J connectivity index is 1.31. The van der Waals surface area contributed by atoms with Crippen LogP contribution >= 0.6 is 0 Å². The van der Waals surface area contributed by atoms with E-state index >= 15 is 0 Å². The van der Waals surface area contributed by atoms with Crippen LogP contribution in [0.25, 0.3) is 0 Å². The summed E-state index contributed by atoms with van der Waals surface area (Å²) in [6, 6.07) is 37.0. The minimum atomic E-state index is -3.44.